The van der Waals surface area contributed by atoms with Crippen LogP contribution < -0.4 is 5.32 Å². The summed E-state index contributed by atoms with van der Waals surface area (Å²) >= 11 is 3.32. The molecule has 4 N–H and O–H groups in total. The maximum atomic E-state index is 13.4. The molecule has 162 valence electrons. The van der Waals surface area contributed by atoms with Gasteiger partial charge in [0, 0.05) is 16.1 Å². The van der Waals surface area contributed by atoms with Gasteiger partial charge >= 0.3 is 5.97 Å². The molecule has 0 spiro atoms. The maximum Gasteiger partial charge on any atom is 0.327 e. The van der Waals surface area contributed by atoms with Crippen LogP contribution >= 0.6 is 15.9 Å². The zero-order valence-corrected chi connectivity index (χ0v) is 18.1. The van der Waals surface area contributed by atoms with E-state index in [0.717, 1.165) is 10.5 Å². The molecule has 2 aliphatic rings. The van der Waals surface area contributed by atoms with Gasteiger partial charge in [-0.1, -0.05) is 46.3 Å². The molecule has 0 bridgehead atoms. The second kappa shape index (κ2) is 7.74. The number of nitrogens with zero attached hydrogens (tertiary/aromatic N) is 1. The highest BCUT2D eigenvalue weighted by Crippen LogP contribution is 2.51. The third-order valence-electron chi connectivity index (χ3n) is 6.21. The first-order chi connectivity index (χ1) is 14.7. The number of aliphatic hydroxyl groups is 1. The number of carboxylic acid groups (broad SMARTS) is 1. The normalized spacial score (nSPS) is 28.6. The van der Waals surface area contributed by atoms with Crippen molar-refractivity contribution in [1.29, 1.82) is 0 Å². The van der Waals surface area contributed by atoms with Gasteiger partial charge in [-0.25, -0.2) is 0 Å². The molecule has 0 aliphatic carbocycles. The first-order valence-corrected chi connectivity index (χ1v) is 10.5. The summed E-state index contributed by atoms with van der Waals surface area (Å²) in [7, 11) is 0. The SMILES string of the molecule is CC(O)C1(C(=O)O)NC(c2cc(Br)ccc2O)C2C(=O)N(Cc3ccccc3)C(=O)C21. The van der Waals surface area contributed by atoms with Crippen molar-refractivity contribution in [2.24, 2.45) is 11.8 Å². The lowest BCUT2D eigenvalue weighted by atomic mass is 9.76. The van der Waals surface area contributed by atoms with Crippen molar-refractivity contribution in [3.8, 4) is 5.75 Å². The Hall–Kier alpha value is -2.75. The van der Waals surface area contributed by atoms with Crippen LogP contribution in [-0.4, -0.2) is 49.6 Å². The number of imide groups is 1. The first kappa shape index (κ1) is 21.5. The number of rotatable bonds is 5. The number of carbonyl (C=O) groups is 3. The number of nitrogens with one attached hydrogen (secondary N) is 1. The van der Waals surface area contributed by atoms with Gasteiger partial charge in [0.25, 0.3) is 0 Å². The van der Waals surface area contributed by atoms with E-state index in [4.69, 9.17) is 0 Å². The van der Waals surface area contributed by atoms with E-state index in [9.17, 15) is 29.7 Å². The lowest BCUT2D eigenvalue weighted by molar-refractivity contribution is -0.157. The van der Waals surface area contributed by atoms with E-state index in [1.54, 1.807) is 36.4 Å². The summed E-state index contributed by atoms with van der Waals surface area (Å²) in [6.07, 6.45) is -1.48. The molecule has 2 heterocycles. The number of likely N-dealkylation sites (tertiary alicyclic amines) is 1. The summed E-state index contributed by atoms with van der Waals surface area (Å²) in [5, 5.41) is 33.8. The molecular formula is C22H21BrN2O6. The number of carboxylic acids is 1. The predicted octanol–water partition coefficient (Wildman–Crippen LogP) is 1.80. The fraction of sp³-hybridized carbons (Fsp3) is 0.318. The fourth-order valence-electron chi connectivity index (χ4n) is 4.72. The Morgan fingerprint density at radius 1 is 1.19 bits per heavy atom. The minimum absolute atomic E-state index is 0.00178. The third kappa shape index (κ3) is 3.24. The molecule has 5 atom stereocenters. The van der Waals surface area contributed by atoms with Gasteiger partial charge in [0.2, 0.25) is 11.8 Å². The summed E-state index contributed by atoms with van der Waals surface area (Å²) in [5.41, 5.74) is -1.09. The van der Waals surface area contributed by atoms with Crippen LogP contribution in [0.15, 0.2) is 53.0 Å². The molecule has 4 rings (SSSR count). The zero-order chi connectivity index (χ0) is 22.5. The molecular weight excluding hydrogens is 468 g/mol. The van der Waals surface area contributed by atoms with Gasteiger partial charge in [0.05, 0.1) is 24.5 Å². The number of aliphatic carboxylic acids is 1. The van der Waals surface area contributed by atoms with Crippen LogP contribution in [0.1, 0.15) is 24.1 Å². The molecule has 31 heavy (non-hydrogen) atoms. The standard InChI is InChI=1S/C22H21BrN2O6/c1-11(26)22(21(30)31)17-16(18(24-22)14-9-13(23)7-8-15(14)27)19(28)25(20(17)29)10-12-5-3-2-4-6-12/h2-9,11,16-18,24,26-27H,10H2,1H3,(H,30,31). The van der Waals surface area contributed by atoms with Crippen molar-refractivity contribution in [1.82, 2.24) is 10.2 Å². The minimum Gasteiger partial charge on any atom is -0.508 e. The smallest absolute Gasteiger partial charge is 0.327 e. The van der Waals surface area contributed by atoms with Gasteiger partial charge in [0.15, 0.2) is 5.54 Å². The molecule has 5 unspecified atom stereocenters. The predicted molar refractivity (Wildman–Crippen MR) is 113 cm³/mol. The molecule has 2 aliphatic heterocycles. The van der Waals surface area contributed by atoms with E-state index in [-0.39, 0.29) is 17.9 Å². The van der Waals surface area contributed by atoms with Crippen LogP contribution in [0.25, 0.3) is 0 Å². The molecule has 9 heteroatoms. The van der Waals surface area contributed by atoms with E-state index in [0.29, 0.717) is 4.47 Å². The Labute approximate surface area is 186 Å². The van der Waals surface area contributed by atoms with Gasteiger partial charge in [-0.2, -0.15) is 0 Å². The van der Waals surface area contributed by atoms with Crippen molar-refractivity contribution < 1.29 is 29.7 Å². The number of hydrogen-bond acceptors (Lipinski definition) is 6. The maximum absolute atomic E-state index is 13.4. The van der Waals surface area contributed by atoms with Crippen LogP contribution in [0.5, 0.6) is 5.75 Å². The van der Waals surface area contributed by atoms with Crippen molar-refractivity contribution in [3.63, 3.8) is 0 Å². The van der Waals surface area contributed by atoms with E-state index < -0.39 is 47.3 Å². The summed E-state index contributed by atoms with van der Waals surface area (Å²) in [6.45, 7) is 1.27. The first-order valence-electron chi connectivity index (χ1n) is 9.75. The van der Waals surface area contributed by atoms with Crippen LogP contribution in [0.4, 0.5) is 0 Å². The number of phenolic OH excluding ortho intramolecular Hbond substituents is 1. The lowest BCUT2D eigenvalue weighted by Crippen LogP contribution is -2.62. The number of benzene rings is 2. The average Bonchev–Trinajstić information content (AvgIpc) is 3.21. The molecule has 2 aromatic carbocycles. The molecule has 2 amide bonds. The summed E-state index contributed by atoms with van der Waals surface area (Å²) < 4.78 is 0.612. The average molecular weight is 489 g/mol. The Kier molecular flexibility index (Phi) is 5.36. The number of hydrogen-bond donors (Lipinski definition) is 4. The number of carbonyl (C=O) groups excluding carboxylic acids is 2. The van der Waals surface area contributed by atoms with Crippen LogP contribution in [0.2, 0.25) is 0 Å². The topological polar surface area (TPSA) is 127 Å². The summed E-state index contributed by atoms with van der Waals surface area (Å²) in [5.74, 6) is -5.21. The largest absolute Gasteiger partial charge is 0.508 e. The highest BCUT2D eigenvalue weighted by molar-refractivity contribution is 9.10. The Morgan fingerprint density at radius 2 is 1.87 bits per heavy atom. The second-order valence-corrected chi connectivity index (χ2v) is 8.84. The second-order valence-electron chi connectivity index (χ2n) is 7.93. The molecule has 8 nitrogen and oxygen atoms in total. The van der Waals surface area contributed by atoms with E-state index in [2.05, 4.69) is 21.2 Å². The molecule has 2 aromatic rings. The number of halogens is 1. The van der Waals surface area contributed by atoms with Gasteiger partial charge in [-0.15, -0.1) is 0 Å². The van der Waals surface area contributed by atoms with Crippen molar-refractivity contribution >= 4 is 33.7 Å². The molecule has 0 radical (unpaired) electrons. The van der Waals surface area contributed by atoms with E-state index >= 15 is 0 Å². The number of aliphatic hydroxyl groups excluding tert-OH is 1. The van der Waals surface area contributed by atoms with Crippen LogP contribution in [-0.2, 0) is 20.9 Å². The number of fused-ring (bicyclic) bond motifs is 1. The quantitative estimate of drug-likeness (QED) is 0.472. The van der Waals surface area contributed by atoms with Gasteiger partial charge < -0.3 is 15.3 Å². The van der Waals surface area contributed by atoms with E-state index in [1.807, 2.05) is 6.07 Å². The van der Waals surface area contributed by atoms with E-state index in [1.165, 1.54) is 13.0 Å². The highest BCUT2D eigenvalue weighted by Gasteiger charge is 2.70. The van der Waals surface area contributed by atoms with Gasteiger partial charge in [-0.05, 0) is 30.7 Å². The molecule has 0 aromatic heterocycles. The highest BCUT2D eigenvalue weighted by atomic mass is 79.9. The van der Waals surface area contributed by atoms with Crippen molar-refractivity contribution in [2.45, 2.75) is 31.2 Å². The Bertz CT molecular complexity index is 1060. The van der Waals surface area contributed by atoms with Crippen molar-refractivity contribution in [2.75, 3.05) is 0 Å². The molecule has 2 fully saturated rings. The zero-order valence-electron chi connectivity index (χ0n) is 16.5. The number of amides is 2. The monoisotopic (exact) mass is 488 g/mol. The number of phenols is 1. The Balaban J connectivity index is 1.84. The molecule has 2 saturated heterocycles. The van der Waals surface area contributed by atoms with Crippen LogP contribution in [0.3, 0.4) is 0 Å². The van der Waals surface area contributed by atoms with Gasteiger partial charge in [-0.3, -0.25) is 24.6 Å². The van der Waals surface area contributed by atoms with Gasteiger partial charge in [0.1, 0.15) is 5.75 Å². The van der Waals surface area contributed by atoms with Crippen molar-refractivity contribution in [3.05, 3.63) is 64.1 Å². The Morgan fingerprint density at radius 3 is 2.48 bits per heavy atom. The minimum atomic E-state index is -2.08. The third-order valence-corrected chi connectivity index (χ3v) is 6.70. The summed E-state index contributed by atoms with van der Waals surface area (Å²) in [6, 6.07) is 12.5. The summed E-state index contributed by atoms with van der Waals surface area (Å²) in [4.78, 5) is 40.2. The fourth-order valence-corrected chi connectivity index (χ4v) is 5.10. The van der Waals surface area contributed by atoms with Crippen LogP contribution in [0, 0.1) is 11.8 Å². The molecule has 0 saturated carbocycles. The number of aromatic hydroxyl groups is 1. The lowest BCUT2D eigenvalue weighted by Gasteiger charge is -2.33.